The first kappa shape index (κ1) is 11.8. The Kier molecular flexibility index (Phi) is 3.76. The molecule has 3 atom stereocenters. The van der Waals surface area contributed by atoms with E-state index in [2.05, 4.69) is 14.9 Å². The van der Waals surface area contributed by atoms with Crippen LogP contribution >= 0.6 is 0 Å². The summed E-state index contributed by atoms with van der Waals surface area (Å²) in [6.07, 6.45) is 7.93. The van der Waals surface area contributed by atoms with Crippen LogP contribution in [0.25, 0.3) is 0 Å². The van der Waals surface area contributed by atoms with E-state index in [0.717, 1.165) is 13.1 Å². The predicted molar refractivity (Wildman–Crippen MR) is 65.7 cm³/mol. The third kappa shape index (κ3) is 2.52. The Balaban J connectivity index is 2.09. The Morgan fingerprint density at radius 1 is 1.75 bits per heavy atom. The molecular formula is C11H19N3OS. The molecule has 2 unspecified atom stereocenters. The summed E-state index contributed by atoms with van der Waals surface area (Å²) in [5.74, 6) is 0. The molecule has 1 aliphatic rings. The molecule has 16 heavy (non-hydrogen) atoms. The van der Waals surface area contributed by atoms with E-state index in [1.165, 1.54) is 18.5 Å². The maximum atomic E-state index is 11.4. The van der Waals surface area contributed by atoms with Crippen molar-refractivity contribution >= 4 is 10.8 Å². The lowest BCUT2D eigenvalue weighted by Gasteiger charge is -2.16. The first-order chi connectivity index (χ1) is 7.68. The fraction of sp³-hybridized carbons (Fsp3) is 0.727. The first-order valence-corrected chi connectivity index (χ1v) is 7.36. The summed E-state index contributed by atoms with van der Waals surface area (Å²) in [4.78, 5) is 4.20. The molecule has 4 nitrogen and oxygen atoms in total. The first-order valence-electron chi connectivity index (χ1n) is 5.74. The van der Waals surface area contributed by atoms with E-state index in [1.54, 1.807) is 6.26 Å². The second-order valence-electron chi connectivity index (χ2n) is 4.43. The van der Waals surface area contributed by atoms with Crippen molar-refractivity contribution < 1.29 is 4.21 Å². The van der Waals surface area contributed by atoms with E-state index < -0.39 is 10.8 Å². The van der Waals surface area contributed by atoms with Crippen molar-refractivity contribution in [2.24, 2.45) is 0 Å². The van der Waals surface area contributed by atoms with Gasteiger partial charge in [-0.3, -0.25) is 4.21 Å². The predicted octanol–water partition coefficient (Wildman–Crippen LogP) is 1.07. The molecule has 0 aromatic carbocycles. The molecule has 0 aliphatic carbocycles. The minimum absolute atomic E-state index is 0.175. The molecule has 2 heterocycles. The molecule has 1 aliphatic heterocycles. The highest BCUT2D eigenvalue weighted by Crippen LogP contribution is 2.22. The zero-order valence-corrected chi connectivity index (χ0v) is 10.7. The average molecular weight is 241 g/mol. The number of imidazole rings is 1. The van der Waals surface area contributed by atoms with Gasteiger partial charge in [-0.25, -0.2) is 4.98 Å². The zero-order chi connectivity index (χ0) is 11.5. The number of nitrogens with zero attached hydrogens (tertiary/aromatic N) is 2. The molecule has 1 N–H and O–H groups in total. The van der Waals surface area contributed by atoms with Crippen molar-refractivity contribution in [3.05, 3.63) is 18.2 Å². The van der Waals surface area contributed by atoms with E-state index >= 15 is 0 Å². The molecule has 90 valence electrons. The van der Waals surface area contributed by atoms with Crippen LogP contribution in [0.5, 0.6) is 0 Å². The van der Waals surface area contributed by atoms with Crippen molar-refractivity contribution in [2.75, 3.05) is 12.8 Å². The van der Waals surface area contributed by atoms with Crippen molar-refractivity contribution in [2.45, 2.75) is 37.6 Å². The average Bonchev–Trinajstić information content (AvgIpc) is 2.85. The van der Waals surface area contributed by atoms with E-state index in [9.17, 15) is 4.21 Å². The van der Waals surface area contributed by atoms with Gasteiger partial charge in [0.05, 0.1) is 12.0 Å². The Morgan fingerprint density at radius 2 is 2.56 bits per heavy atom. The highest BCUT2D eigenvalue weighted by molar-refractivity contribution is 7.84. The largest absolute Gasteiger partial charge is 0.332 e. The second kappa shape index (κ2) is 5.10. The van der Waals surface area contributed by atoms with Gasteiger partial charge in [0.25, 0.3) is 0 Å². The molecule has 0 radical (unpaired) electrons. The van der Waals surface area contributed by atoms with Crippen molar-refractivity contribution in [3.63, 3.8) is 0 Å². The highest BCUT2D eigenvalue weighted by Gasteiger charge is 2.20. The van der Waals surface area contributed by atoms with E-state index in [-0.39, 0.29) is 5.25 Å². The van der Waals surface area contributed by atoms with Crippen molar-refractivity contribution in [1.82, 2.24) is 14.9 Å². The van der Waals surface area contributed by atoms with Gasteiger partial charge in [-0.15, -0.1) is 0 Å². The van der Waals surface area contributed by atoms with Crippen LogP contribution in [0.4, 0.5) is 0 Å². The van der Waals surface area contributed by atoms with Crippen LogP contribution in [0.1, 0.15) is 31.5 Å². The van der Waals surface area contributed by atoms with Crippen LogP contribution < -0.4 is 5.32 Å². The molecule has 1 fully saturated rings. The normalized spacial score (nSPS) is 24.5. The molecule has 0 spiro atoms. The van der Waals surface area contributed by atoms with Gasteiger partial charge in [-0.2, -0.15) is 0 Å². The van der Waals surface area contributed by atoms with Gasteiger partial charge in [0.2, 0.25) is 0 Å². The molecule has 0 amide bonds. The molecule has 2 rings (SSSR count). The van der Waals surface area contributed by atoms with Crippen LogP contribution in [-0.4, -0.2) is 31.8 Å². The number of aromatic nitrogens is 2. The van der Waals surface area contributed by atoms with Gasteiger partial charge in [-0.1, -0.05) is 0 Å². The number of hydrogen-bond donors (Lipinski definition) is 1. The number of nitrogens with one attached hydrogen (secondary N) is 1. The summed E-state index contributed by atoms with van der Waals surface area (Å²) in [5.41, 5.74) is 1.23. The van der Waals surface area contributed by atoms with E-state index in [0.29, 0.717) is 6.04 Å². The maximum Gasteiger partial charge on any atom is 0.0949 e. The minimum atomic E-state index is -0.774. The molecule has 1 aromatic heterocycles. The van der Waals surface area contributed by atoms with E-state index in [1.807, 2.05) is 19.4 Å². The molecule has 0 saturated carbocycles. The maximum absolute atomic E-state index is 11.4. The standard InChI is InChI=1S/C11H19N3OS/c1-9(16(2)15)7-14-8-12-6-11(14)10-4-3-5-13-10/h6,8-10,13H,3-5,7H2,1-2H3/t9?,10-,16?/m0/s1. The van der Waals surface area contributed by atoms with Crippen LogP contribution in [0.2, 0.25) is 0 Å². The molecule has 0 bridgehead atoms. The third-order valence-corrected chi connectivity index (χ3v) is 4.46. The Hall–Kier alpha value is -0.680. The number of hydrogen-bond acceptors (Lipinski definition) is 3. The molecule has 5 heteroatoms. The Morgan fingerprint density at radius 3 is 3.19 bits per heavy atom. The second-order valence-corrected chi connectivity index (χ2v) is 6.23. The van der Waals surface area contributed by atoms with Gasteiger partial charge >= 0.3 is 0 Å². The monoisotopic (exact) mass is 241 g/mol. The molecule has 1 saturated heterocycles. The van der Waals surface area contributed by atoms with Crippen molar-refractivity contribution in [3.8, 4) is 0 Å². The SMILES string of the molecule is CC(Cn1cncc1[C@@H]1CCCN1)S(C)=O. The fourth-order valence-corrected chi connectivity index (χ4v) is 2.46. The summed E-state index contributed by atoms with van der Waals surface area (Å²) in [6.45, 7) is 3.89. The lowest BCUT2D eigenvalue weighted by atomic mass is 10.2. The Bertz CT molecular complexity index is 371. The van der Waals surface area contributed by atoms with Crippen molar-refractivity contribution in [1.29, 1.82) is 0 Å². The van der Waals surface area contributed by atoms with Crippen LogP contribution in [-0.2, 0) is 17.3 Å². The quantitative estimate of drug-likeness (QED) is 0.858. The highest BCUT2D eigenvalue weighted by atomic mass is 32.2. The van der Waals surface area contributed by atoms with E-state index in [4.69, 9.17) is 0 Å². The Labute approximate surface area is 98.9 Å². The summed E-state index contributed by atoms with van der Waals surface area (Å²) in [5, 5.41) is 3.64. The van der Waals surface area contributed by atoms with Crippen LogP contribution in [0.15, 0.2) is 12.5 Å². The fourth-order valence-electron chi connectivity index (χ4n) is 2.09. The van der Waals surface area contributed by atoms with Gasteiger partial charge < -0.3 is 9.88 Å². The minimum Gasteiger partial charge on any atom is -0.332 e. The van der Waals surface area contributed by atoms with Gasteiger partial charge in [0.15, 0.2) is 0 Å². The molecular weight excluding hydrogens is 222 g/mol. The topological polar surface area (TPSA) is 46.9 Å². The summed E-state index contributed by atoms with van der Waals surface area (Å²) in [7, 11) is -0.774. The smallest absolute Gasteiger partial charge is 0.0949 e. The van der Waals surface area contributed by atoms with Gasteiger partial charge in [-0.05, 0) is 26.3 Å². The van der Waals surface area contributed by atoms with Crippen LogP contribution in [0, 0.1) is 0 Å². The number of rotatable bonds is 4. The lowest BCUT2D eigenvalue weighted by molar-refractivity contribution is 0.557. The summed E-state index contributed by atoms with van der Waals surface area (Å²) < 4.78 is 13.5. The summed E-state index contributed by atoms with van der Waals surface area (Å²) in [6, 6.07) is 0.431. The van der Waals surface area contributed by atoms with Gasteiger partial charge in [0.1, 0.15) is 0 Å². The van der Waals surface area contributed by atoms with Gasteiger partial charge in [0, 0.05) is 41.1 Å². The summed E-state index contributed by atoms with van der Waals surface area (Å²) >= 11 is 0. The zero-order valence-electron chi connectivity index (χ0n) is 9.85. The lowest BCUT2D eigenvalue weighted by Crippen LogP contribution is -2.22. The third-order valence-electron chi connectivity index (χ3n) is 3.18. The van der Waals surface area contributed by atoms with Crippen LogP contribution in [0.3, 0.4) is 0 Å². The molecule has 1 aromatic rings.